The lowest BCUT2D eigenvalue weighted by Gasteiger charge is -2.23. The van der Waals surface area contributed by atoms with Crippen molar-refractivity contribution in [3.8, 4) is 0 Å². The number of amides is 2. The molecule has 0 aromatic rings. The molecule has 1 aliphatic rings. The van der Waals surface area contributed by atoms with Crippen LogP contribution >= 0.6 is 11.8 Å². The minimum atomic E-state index is -0.942. The average Bonchev–Trinajstić information content (AvgIpc) is 2.75. The lowest BCUT2D eigenvalue weighted by molar-refractivity contribution is -0.142. The molecule has 0 bridgehead atoms. The molecule has 1 heterocycles. The van der Waals surface area contributed by atoms with E-state index in [-0.39, 0.29) is 24.0 Å². The van der Waals surface area contributed by atoms with E-state index >= 15 is 0 Å². The van der Waals surface area contributed by atoms with Crippen LogP contribution in [0.1, 0.15) is 13.8 Å². The van der Waals surface area contributed by atoms with Crippen LogP contribution in [0.2, 0.25) is 0 Å². The Morgan fingerprint density at radius 3 is 2.67 bits per heavy atom. The van der Waals surface area contributed by atoms with Gasteiger partial charge in [-0.25, -0.2) is 4.79 Å². The van der Waals surface area contributed by atoms with Gasteiger partial charge in [-0.3, -0.25) is 4.79 Å². The van der Waals surface area contributed by atoms with E-state index in [0.717, 1.165) is 0 Å². The monoisotopic (exact) mass is 276 g/mol. The van der Waals surface area contributed by atoms with Crippen molar-refractivity contribution in [1.29, 1.82) is 0 Å². The van der Waals surface area contributed by atoms with Gasteiger partial charge >= 0.3 is 12.0 Å². The van der Waals surface area contributed by atoms with Crippen molar-refractivity contribution in [3.63, 3.8) is 0 Å². The standard InChI is InChI=1S/C11H20N2O4S/c1-11(2,18-3)6-12-10(16)13-8-5-17-4-7(8)9(14)15/h7-8H,4-6H2,1-3H3,(H,14,15)(H2,12,13,16). The van der Waals surface area contributed by atoms with Gasteiger partial charge in [-0.2, -0.15) is 11.8 Å². The molecule has 0 saturated carbocycles. The van der Waals surface area contributed by atoms with E-state index in [9.17, 15) is 9.59 Å². The van der Waals surface area contributed by atoms with Crippen molar-refractivity contribution in [3.05, 3.63) is 0 Å². The normalized spacial score (nSPS) is 23.7. The lowest BCUT2D eigenvalue weighted by atomic mass is 10.0. The molecule has 0 aromatic carbocycles. The average molecular weight is 276 g/mol. The maximum atomic E-state index is 11.6. The summed E-state index contributed by atoms with van der Waals surface area (Å²) in [6.07, 6.45) is 1.98. The molecule has 1 fully saturated rings. The molecule has 2 atom stereocenters. The minimum absolute atomic E-state index is 0.0459. The Morgan fingerprint density at radius 2 is 2.11 bits per heavy atom. The molecule has 0 radical (unpaired) electrons. The molecule has 1 rings (SSSR count). The molecule has 0 spiro atoms. The van der Waals surface area contributed by atoms with Crippen molar-refractivity contribution < 1.29 is 19.4 Å². The number of hydrogen-bond donors (Lipinski definition) is 3. The summed E-state index contributed by atoms with van der Waals surface area (Å²) >= 11 is 1.66. The topological polar surface area (TPSA) is 87.7 Å². The molecule has 18 heavy (non-hydrogen) atoms. The van der Waals surface area contributed by atoms with Gasteiger partial charge in [-0.1, -0.05) is 0 Å². The fraction of sp³-hybridized carbons (Fsp3) is 0.818. The molecule has 1 saturated heterocycles. The second kappa shape index (κ2) is 6.29. The number of carbonyl (C=O) groups excluding carboxylic acids is 1. The van der Waals surface area contributed by atoms with Crippen molar-refractivity contribution in [2.75, 3.05) is 26.0 Å². The number of carboxylic acids is 1. The molecule has 0 aromatic heterocycles. The summed E-state index contributed by atoms with van der Waals surface area (Å²) in [6, 6.07) is -0.807. The van der Waals surface area contributed by atoms with Crippen LogP contribution in [-0.4, -0.2) is 53.9 Å². The van der Waals surface area contributed by atoms with E-state index in [4.69, 9.17) is 9.84 Å². The van der Waals surface area contributed by atoms with Crippen LogP contribution in [0.3, 0.4) is 0 Å². The van der Waals surface area contributed by atoms with Crippen molar-refractivity contribution >= 4 is 23.8 Å². The second-order valence-corrected chi connectivity index (χ2v) is 6.39. The summed E-state index contributed by atoms with van der Waals surface area (Å²) < 4.78 is 5.03. The summed E-state index contributed by atoms with van der Waals surface area (Å²) in [6.45, 7) is 4.96. The maximum Gasteiger partial charge on any atom is 0.315 e. The number of thioether (sulfide) groups is 1. The Balaban J connectivity index is 2.38. The molecular weight excluding hydrogens is 256 g/mol. The van der Waals surface area contributed by atoms with Gasteiger partial charge in [0.15, 0.2) is 0 Å². The fourth-order valence-electron chi connectivity index (χ4n) is 1.52. The van der Waals surface area contributed by atoms with Crippen LogP contribution in [0, 0.1) is 5.92 Å². The highest BCUT2D eigenvalue weighted by atomic mass is 32.2. The van der Waals surface area contributed by atoms with Gasteiger partial charge in [0.1, 0.15) is 5.92 Å². The highest BCUT2D eigenvalue weighted by Gasteiger charge is 2.35. The van der Waals surface area contributed by atoms with Crippen LogP contribution < -0.4 is 10.6 Å². The zero-order valence-corrected chi connectivity index (χ0v) is 11.7. The third-order valence-electron chi connectivity index (χ3n) is 2.94. The largest absolute Gasteiger partial charge is 0.481 e. The van der Waals surface area contributed by atoms with Crippen molar-refractivity contribution in [2.24, 2.45) is 5.92 Å². The first-order valence-corrected chi connectivity index (χ1v) is 6.98. The number of aliphatic carboxylic acids is 1. The fourth-order valence-corrected chi connectivity index (χ4v) is 1.74. The quantitative estimate of drug-likeness (QED) is 0.681. The third-order valence-corrected chi connectivity index (χ3v) is 4.19. The summed E-state index contributed by atoms with van der Waals surface area (Å²) in [5.74, 6) is -1.61. The molecule has 6 nitrogen and oxygen atoms in total. The van der Waals surface area contributed by atoms with Gasteiger partial charge < -0.3 is 20.5 Å². The maximum absolute atomic E-state index is 11.6. The first kappa shape index (κ1) is 15.1. The van der Waals surface area contributed by atoms with Gasteiger partial charge in [0.25, 0.3) is 0 Å². The van der Waals surface area contributed by atoms with E-state index in [0.29, 0.717) is 6.54 Å². The van der Waals surface area contributed by atoms with Crippen molar-refractivity contribution in [1.82, 2.24) is 10.6 Å². The van der Waals surface area contributed by atoms with E-state index in [1.54, 1.807) is 11.8 Å². The van der Waals surface area contributed by atoms with Crippen LogP contribution in [-0.2, 0) is 9.53 Å². The van der Waals surface area contributed by atoms with Gasteiger partial charge in [-0.05, 0) is 20.1 Å². The van der Waals surface area contributed by atoms with E-state index in [1.807, 2.05) is 20.1 Å². The van der Waals surface area contributed by atoms with Gasteiger partial charge in [0.05, 0.1) is 19.3 Å². The van der Waals surface area contributed by atoms with E-state index in [2.05, 4.69) is 10.6 Å². The van der Waals surface area contributed by atoms with E-state index < -0.39 is 17.9 Å². The number of ether oxygens (including phenoxy) is 1. The first-order chi connectivity index (χ1) is 8.35. The van der Waals surface area contributed by atoms with Crippen LogP contribution in [0.15, 0.2) is 0 Å². The second-order valence-electron chi connectivity index (χ2n) is 4.88. The summed E-state index contributed by atoms with van der Waals surface area (Å²) in [5.41, 5.74) is 0. The van der Waals surface area contributed by atoms with Gasteiger partial charge in [0, 0.05) is 11.3 Å². The zero-order chi connectivity index (χ0) is 13.8. The summed E-state index contributed by atoms with van der Waals surface area (Å²) in [7, 11) is 0. The molecule has 104 valence electrons. The third kappa shape index (κ3) is 4.38. The van der Waals surface area contributed by atoms with Gasteiger partial charge in [-0.15, -0.1) is 0 Å². The Morgan fingerprint density at radius 1 is 1.44 bits per heavy atom. The molecule has 0 aliphatic carbocycles. The highest BCUT2D eigenvalue weighted by Crippen LogP contribution is 2.19. The smallest absolute Gasteiger partial charge is 0.315 e. The lowest BCUT2D eigenvalue weighted by Crippen LogP contribution is -2.49. The summed E-state index contributed by atoms with van der Waals surface area (Å²) in [4.78, 5) is 22.6. The zero-order valence-electron chi connectivity index (χ0n) is 10.9. The molecular formula is C11H20N2O4S. The number of nitrogens with one attached hydrogen (secondary N) is 2. The van der Waals surface area contributed by atoms with Gasteiger partial charge in [0.2, 0.25) is 0 Å². The first-order valence-electron chi connectivity index (χ1n) is 5.76. The molecule has 2 amide bonds. The highest BCUT2D eigenvalue weighted by molar-refractivity contribution is 7.99. The van der Waals surface area contributed by atoms with Crippen LogP contribution in [0.4, 0.5) is 4.79 Å². The SMILES string of the molecule is CSC(C)(C)CNC(=O)NC1COCC1C(=O)O. The number of urea groups is 1. The molecule has 2 unspecified atom stereocenters. The van der Waals surface area contributed by atoms with E-state index in [1.165, 1.54) is 0 Å². The van der Waals surface area contributed by atoms with Crippen LogP contribution in [0.25, 0.3) is 0 Å². The predicted molar refractivity (Wildman–Crippen MR) is 69.9 cm³/mol. The Hall–Kier alpha value is -0.950. The molecule has 1 aliphatic heterocycles. The Bertz CT molecular complexity index is 322. The Kier molecular flexibility index (Phi) is 5.28. The number of carboxylic acid groups (broad SMARTS) is 1. The predicted octanol–water partition coefficient (Wildman–Crippen LogP) is 0.527. The number of carbonyl (C=O) groups is 2. The van der Waals surface area contributed by atoms with Crippen LogP contribution in [0.5, 0.6) is 0 Å². The molecule has 3 N–H and O–H groups in total. The minimum Gasteiger partial charge on any atom is -0.481 e. The Labute approximate surface area is 111 Å². The van der Waals surface area contributed by atoms with Crippen molar-refractivity contribution in [2.45, 2.75) is 24.6 Å². The number of rotatable bonds is 5. The molecule has 7 heteroatoms. The summed E-state index contributed by atoms with van der Waals surface area (Å²) in [5, 5.41) is 14.3. The number of hydrogen-bond acceptors (Lipinski definition) is 4.